The van der Waals surface area contributed by atoms with Gasteiger partial charge in [0.05, 0.1) is 6.61 Å². The molecular weight excluding hydrogens is 258 g/mol. The third-order valence-electron chi connectivity index (χ3n) is 3.37. The Kier molecular flexibility index (Phi) is 6.29. The van der Waals surface area contributed by atoms with Gasteiger partial charge >= 0.3 is 0 Å². The van der Waals surface area contributed by atoms with Crippen molar-refractivity contribution >= 4 is 0 Å². The van der Waals surface area contributed by atoms with Gasteiger partial charge in [0.2, 0.25) is 0 Å². The van der Waals surface area contributed by atoms with E-state index in [0.717, 1.165) is 31.9 Å². The van der Waals surface area contributed by atoms with Gasteiger partial charge in [-0.15, -0.1) is 0 Å². The number of hydrogen-bond donors (Lipinski definition) is 1. The van der Waals surface area contributed by atoms with E-state index in [1.54, 1.807) is 0 Å². The third-order valence-corrected chi connectivity index (χ3v) is 3.37. The van der Waals surface area contributed by atoms with Crippen LogP contribution >= 0.6 is 0 Å². The highest BCUT2D eigenvalue weighted by molar-refractivity contribution is 5.70. The molecule has 2 aromatic rings. The smallest absolute Gasteiger partial charge is 0.127 e. The van der Waals surface area contributed by atoms with Crippen molar-refractivity contribution in [3.63, 3.8) is 0 Å². The van der Waals surface area contributed by atoms with Gasteiger partial charge in [0.1, 0.15) is 5.75 Å². The fraction of sp³-hybridized carbons (Fsp3) is 0.368. The first-order valence-corrected chi connectivity index (χ1v) is 7.87. The number of ether oxygens (including phenoxy) is 1. The summed E-state index contributed by atoms with van der Waals surface area (Å²) >= 11 is 0. The molecule has 0 aliphatic rings. The summed E-state index contributed by atoms with van der Waals surface area (Å²) in [7, 11) is 0. The van der Waals surface area contributed by atoms with E-state index in [9.17, 15) is 0 Å². The molecule has 21 heavy (non-hydrogen) atoms. The summed E-state index contributed by atoms with van der Waals surface area (Å²) in [5, 5.41) is 3.43. The van der Waals surface area contributed by atoms with Gasteiger partial charge in [0.25, 0.3) is 0 Å². The zero-order valence-corrected chi connectivity index (χ0v) is 13.1. The molecule has 0 atom stereocenters. The van der Waals surface area contributed by atoms with Gasteiger partial charge in [-0.25, -0.2) is 0 Å². The maximum atomic E-state index is 5.84. The molecule has 2 heteroatoms. The second-order valence-corrected chi connectivity index (χ2v) is 5.22. The molecule has 2 nitrogen and oxygen atoms in total. The Bertz CT molecular complexity index is 534. The van der Waals surface area contributed by atoms with E-state index in [-0.39, 0.29) is 0 Å². The lowest BCUT2D eigenvalue weighted by Gasteiger charge is -2.11. The molecule has 1 N–H and O–H groups in total. The van der Waals surface area contributed by atoms with E-state index < -0.39 is 0 Å². The van der Waals surface area contributed by atoms with E-state index in [1.807, 2.05) is 12.1 Å². The molecule has 112 valence electrons. The Morgan fingerprint density at radius 1 is 0.905 bits per heavy atom. The molecule has 0 amide bonds. The zero-order valence-electron chi connectivity index (χ0n) is 13.1. The SMILES string of the molecule is CCCNCc1ccc(-c2ccccc2OCCC)cc1. The number of nitrogens with one attached hydrogen (secondary N) is 1. The molecule has 0 aliphatic carbocycles. The molecule has 0 saturated carbocycles. The van der Waals surface area contributed by atoms with Crippen molar-refractivity contribution in [3.8, 4) is 16.9 Å². The standard InChI is InChI=1S/C19H25NO/c1-3-13-20-15-16-9-11-17(12-10-16)18-7-5-6-8-19(18)21-14-4-2/h5-12,20H,3-4,13-15H2,1-2H3. The quantitative estimate of drug-likeness (QED) is 0.712. The zero-order chi connectivity index (χ0) is 14.9. The molecule has 0 saturated heterocycles. The van der Waals surface area contributed by atoms with Gasteiger partial charge in [-0.1, -0.05) is 56.3 Å². The highest BCUT2D eigenvalue weighted by atomic mass is 16.5. The van der Waals surface area contributed by atoms with E-state index in [2.05, 4.69) is 55.6 Å². The van der Waals surface area contributed by atoms with Crippen LogP contribution in [0.25, 0.3) is 11.1 Å². The van der Waals surface area contributed by atoms with Crippen LogP contribution in [-0.2, 0) is 6.54 Å². The first-order chi connectivity index (χ1) is 10.3. The number of rotatable bonds is 8. The van der Waals surface area contributed by atoms with Crippen LogP contribution < -0.4 is 10.1 Å². The monoisotopic (exact) mass is 283 g/mol. The molecule has 0 bridgehead atoms. The summed E-state index contributed by atoms with van der Waals surface area (Å²) in [5.41, 5.74) is 3.69. The van der Waals surface area contributed by atoms with Crippen molar-refractivity contribution in [3.05, 3.63) is 54.1 Å². The highest BCUT2D eigenvalue weighted by Crippen LogP contribution is 2.30. The Morgan fingerprint density at radius 2 is 1.67 bits per heavy atom. The molecule has 0 heterocycles. The maximum absolute atomic E-state index is 5.84. The Balaban J connectivity index is 2.11. The van der Waals surface area contributed by atoms with Crippen molar-refractivity contribution in [2.45, 2.75) is 33.2 Å². The molecule has 0 aliphatic heterocycles. The average molecular weight is 283 g/mol. The lowest BCUT2D eigenvalue weighted by molar-refractivity contribution is 0.318. The minimum atomic E-state index is 0.760. The van der Waals surface area contributed by atoms with Gasteiger partial charge in [-0.3, -0.25) is 0 Å². The fourth-order valence-electron chi connectivity index (χ4n) is 2.25. The van der Waals surface area contributed by atoms with Crippen LogP contribution in [0.1, 0.15) is 32.3 Å². The van der Waals surface area contributed by atoms with E-state index in [4.69, 9.17) is 4.74 Å². The van der Waals surface area contributed by atoms with Gasteiger partial charge in [0, 0.05) is 12.1 Å². The van der Waals surface area contributed by atoms with Crippen LogP contribution in [0.3, 0.4) is 0 Å². The average Bonchev–Trinajstić information content (AvgIpc) is 2.54. The normalized spacial score (nSPS) is 10.6. The van der Waals surface area contributed by atoms with Crippen molar-refractivity contribution in [1.29, 1.82) is 0 Å². The molecule has 0 aromatic heterocycles. The molecular formula is C19H25NO. The molecule has 2 rings (SSSR count). The lowest BCUT2D eigenvalue weighted by atomic mass is 10.0. The third kappa shape index (κ3) is 4.61. The highest BCUT2D eigenvalue weighted by Gasteiger charge is 2.05. The number of benzene rings is 2. The first kappa shape index (κ1) is 15.6. The number of hydrogen-bond acceptors (Lipinski definition) is 2. The Morgan fingerprint density at radius 3 is 2.38 bits per heavy atom. The predicted molar refractivity (Wildman–Crippen MR) is 89.7 cm³/mol. The van der Waals surface area contributed by atoms with Crippen LogP contribution in [0, 0.1) is 0 Å². The predicted octanol–water partition coefficient (Wildman–Crippen LogP) is 4.64. The van der Waals surface area contributed by atoms with Crippen LogP contribution in [0.4, 0.5) is 0 Å². The fourth-order valence-corrected chi connectivity index (χ4v) is 2.25. The minimum absolute atomic E-state index is 0.760. The van der Waals surface area contributed by atoms with Crippen LogP contribution in [0.5, 0.6) is 5.75 Å². The minimum Gasteiger partial charge on any atom is -0.493 e. The first-order valence-electron chi connectivity index (χ1n) is 7.87. The molecule has 0 fully saturated rings. The summed E-state index contributed by atoms with van der Waals surface area (Å²) in [6.45, 7) is 7.07. The second kappa shape index (κ2) is 8.48. The Hall–Kier alpha value is -1.80. The van der Waals surface area contributed by atoms with E-state index >= 15 is 0 Å². The summed E-state index contributed by atoms with van der Waals surface area (Å²) in [4.78, 5) is 0. The van der Waals surface area contributed by atoms with E-state index in [0.29, 0.717) is 0 Å². The largest absolute Gasteiger partial charge is 0.493 e. The summed E-state index contributed by atoms with van der Waals surface area (Å²) < 4.78 is 5.84. The maximum Gasteiger partial charge on any atom is 0.127 e. The Labute approximate surface area is 128 Å². The van der Waals surface area contributed by atoms with Crippen molar-refractivity contribution in [2.24, 2.45) is 0 Å². The lowest BCUT2D eigenvalue weighted by Crippen LogP contribution is -2.13. The van der Waals surface area contributed by atoms with Crippen molar-refractivity contribution in [1.82, 2.24) is 5.32 Å². The van der Waals surface area contributed by atoms with Crippen molar-refractivity contribution < 1.29 is 4.74 Å². The van der Waals surface area contributed by atoms with E-state index in [1.165, 1.54) is 23.1 Å². The van der Waals surface area contributed by atoms with Gasteiger partial charge in [-0.2, -0.15) is 0 Å². The van der Waals surface area contributed by atoms with Gasteiger partial charge in [0.15, 0.2) is 0 Å². The second-order valence-electron chi connectivity index (χ2n) is 5.22. The van der Waals surface area contributed by atoms with Crippen LogP contribution in [0.2, 0.25) is 0 Å². The summed E-state index contributed by atoms with van der Waals surface area (Å²) in [5.74, 6) is 0.969. The van der Waals surface area contributed by atoms with Crippen molar-refractivity contribution in [2.75, 3.05) is 13.2 Å². The van der Waals surface area contributed by atoms with Crippen LogP contribution in [-0.4, -0.2) is 13.2 Å². The summed E-state index contributed by atoms with van der Waals surface area (Å²) in [6, 6.07) is 17.0. The van der Waals surface area contributed by atoms with Crippen LogP contribution in [0.15, 0.2) is 48.5 Å². The molecule has 0 unspecified atom stereocenters. The summed E-state index contributed by atoms with van der Waals surface area (Å²) in [6.07, 6.45) is 2.19. The molecule has 2 aromatic carbocycles. The van der Waals surface area contributed by atoms with Gasteiger partial charge in [-0.05, 0) is 36.6 Å². The van der Waals surface area contributed by atoms with Gasteiger partial charge < -0.3 is 10.1 Å². The topological polar surface area (TPSA) is 21.3 Å². The molecule has 0 radical (unpaired) electrons. The number of para-hydroxylation sites is 1. The molecule has 0 spiro atoms.